The summed E-state index contributed by atoms with van der Waals surface area (Å²) in [6.45, 7) is 1.92. The molecule has 2 atom stereocenters. The lowest BCUT2D eigenvalue weighted by molar-refractivity contribution is 0.0692. The van der Waals surface area contributed by atoms with Crippen molar-refractivity contribution in [1.29, 1.82) is 0 Å². The maximum absolute atomic E-state index is 12.1. The summed E-state index contributed by atoms with van der Waals surface area (Å²) >= 11 is 0. The van der Waals surface area contributed by atoms with Crippen LogP contribution in [0.5, 0.6) is 0 Å². The van der Waals surface area contributed by atoms with Crippen molar-refractivity contribution < 1.29 is 18.3 Å². The summed E-state index contributed by atoms with van der Waals surface area (Å²) in [6.07, 6.45) is 0.768. The first-order valence-corrected chi connectivity index (χ1v) is 6.95. The summed E-state index contributed by atoms with van der Waals surface area (Å²) in [4.78, 5) is 10.7. The lowest BCUT2D eigenvalue weighted by Crippen LogP contribution is -2.28. The van der Waals surface area contributed by atoms with Crippen LogP contribution in [-0.2, 0) is 10.0 Å². The first kappa shape index (κ1) is 12.8. The Bertz CT molecular complexity index is 597. The third-order valence-electron chi connectivity index (χ3n) is 2.94. The van der Waals surface area contributed by atoms with E-state index in [0.717, 1.165) is 6.42 Å². The average molecular weight is 270 g/mol. The summed E-state index contributed by atoms with van der Waals surface area (Å²) in [7, 11) is -3.84. The molecule has 7 heteroatoms. The van der Waals surface area contributed by atoms with Gasteiger partial charge in [-0.2, -0.15) is 0 Å². The van der Waals surface area contributed by atoms with Crippen LogP contribution in [0.4, 0.5) is 5.69 Å². The Morgan fingerprint density at radius 1 is 1.50 bits per heavy atom. The van der Waals surface area contributed by atoms with Gasteiger partial charge in [-0.3, -0.25) is 0 Å². The van der Waals surface area contributed by atoms with Crippen LogP contribution in [0, 0.1) is 5.92 Å². The van der Waals surface area contributed by atoms with Crippen molar-refractivity contribution in [2.75, 3.05) is 5.73 Å². The van der Waals surface area contributed by atoms with E-state index in [1.165, 1.54) is 18.2 Å². The monoisotopic (exact) mass is 270 g/mol. The van der Waals surface area contributed by atoms with Gasteiger partial charge in [-0.05, 0) is 30.5 Å². The van der Waals surface area contributed by atoms with Gasteiger partial charge < -0.3 is 10.8 Å². The molecule has 1 aliphatic rings. The fraction of sp³-hybridized carbons (Fsp3) is 0.364. The molecule has 1 aliphatic carbocycles. The van der Waals surface area contributed by atoms with Crippen LogP contribution >= 0.6 is 0 Å². The molecule has 4 N–H and O–H groups in total. The number of benzene rings is 1. The molecule has 0 spiro atoms. The van der Waals surface area contributed by atoms with Crippen LogP contribution in [0.3, 0.4) is 0 Å². The van der Waals surface area contributed by atoms with Gasteiger partial charge in [0.2, 0.25) is 10.0 Å². The van der Waals surface area contributed by atoms with Gasteiger partial charge in [-0.15, -0.1) is 0 Å². The molecule has 0 bridgehead atoms. The molecule has 0 aromatic heterocycles. The summed E-state index contributed by atoms with van der Waals surface area (Å²) < 4.78 is 26.6. The standard InChI is InChI=1S/C11H14N2O4S/c1-6-4-9(6)13-18(16,17)10-5-7(12)2-3-8(10)11(14)15/h2-3,5-6,9,13H,4,12H2,1H3,(H,14,15). The second kappa shape index (κ2) is 4.25. The number of nitrogen functional groups attached to an aromatic ring is 1. The van der Waals surface area contributed by atoms with Crippen molar-refractivity contribution in [3.05, 3.63) is 23.8 Å². The first-order chi connectivity index (χ1) is 8.31. The number of sulfonamides is 1. The van der Waals surface area contributed by atoms with Crippen molar-refractivity contribution in [1.82, 2.24) is 4.72 Å². The van der Waals surface area contributed by atoms with E-state index in [0.29, 0.717) is 0 Å². The fourth-order valence-corrected chi connectivity index (χ4v) is 3.28. The minimum absolute atomic E-state index is 0.113. The van der Waals surface area contributed by atoms with Crippen LogP contribution in [-0.4, -0.2) is 25.5 Å². The number of carbonyl (C=O) groups is 1. The molecular weight excluding hydrogens is 256 g/mol. The highest BCUT2D eigenvalue weighted by molar-refractivity contribution is 7.89. The molecule has 2 unspecified atom stereocenters. The van der Waals surface area contributed by atoms with Gasteiger partial charge in [0.15, 0.2) is 0 Å². The Kier molecular flexibility index (Phi) is 3.04. The van der Waals surface area contributed by atoms with Gasteiger partial charge >= 0.3 is 5.97 Å². The number of rotatable bonds is 4. The SMILES string of the molecule is CC1CC1NS(=O)(=O)c1cc(N)ccc1C(=O)O. The van der Waals surface area contributed by atoms with Gasteiger partial charge in [0.05, 0.1) is 10.5 Å². The Balaban J connectivity index is 2.42. The molecule has 0 radical (unpaired) electrons. The van der Waals surface area contributed by atoms with Crippen LogP contribution in [0.2, 0.25) is 0 Å². The van der Waals surface area contributed by atoms with Gasteiger partial charge in [0.25, 0.3) is 0 Å². The molecule has 1 fully saturated rings. The normalized spacial score (nSPS) is 22.7. The number of carboxylic acids is 1. The summed E-state index contributed by atoms with van der Waals surface area (Å²) in [5, 5.41) is 8.99. The Morgan fingerprint density at radius 3 is 2.61 bits per heavy atom. The lowest BCUT2D eigenvalue weighted by Gasteiger charge is -2.09. The highest BCUT2D eigenvalue weighted by Crippen LogP contribution is 2.31. The van der Waals surface area contributed by atoms with Gasteiger partial charge in [0, 0.05) is 11.7 Å². The number of hydrogen-bond donors (Lipinski definition) is 3. The number of nitrogens with one attached hydrogen (secondary N) is 1. The minimum Gasteiger partial charge on any atom is -0.478 e. The molecule has 0 heterocycles. The highest BCUT2D eigenvalue weighted by Gasteiger charge is 2.37. The largest absolute Gasteiger partial charge is 0.478 e. The molecule has 2 rings (SSSR count). The Hall–Kier alpha value is -1.60. The van der Waals surface area contributed by atoms with Gasteiger partial charge in [-0.25, -0.2) is 17.9 Å². The van der Waals surface area contributed by atoms with E-state index in [9.17, 15) is 13.2 Å². The van der Waals surface area contributed by atoms with E-state index < -0.39 is 16.0 Å². The molecule has 98 valence electrons. The molecule has 6 nitrogen and oxygen atoms in total. The predicted molar refractivity (Wildman–Crippen MR) is 65.7 cm³/mol. The fourth-order valence-electron chi connectivity index (χ4n) is 1.69. The number of aromatic carboxylic acids is 1. The van der Waals surface area contributed by atoms with Crippen molar-refractivity contribution in [2.24, 2.45) is 5.92 Å². The van der Waals surface area contributed by atoms with Crippen molar-refractivity contribution in [3.8, 4) is 0 Å². The highest BCUT2D eigenvalue weighted by atomic mass is 32.2. The summed E-state index contributed by atoms with van der Waals surface area (Å²) in [5.41, 5.74) is 5.45. The van der Waals surface area contributed by atoms with E-state index in [4.69, 9.17) is 10.8 Å². The van der Waals surface area contributed by atoms with E-state index in [1.54, 1.807) is 0 Å². The molecule has 18 heavy (non-hydrogen) atoms. The second-order valence-corrected chi connectivity index (χ2v) is 6.18. The third-order valence-corrected chi connectivity index (χ3v) is 4.47. The zero-order valence-electron chi connectivity index (χ0n) is 9.75. The second-order valence-electron chi connectivity index (χ2n) is 4.50. The average Bonchev–Trinajstić information content (AvgIpc) is 2.92. The first-order valence-electron chi connectivity index (χ1n) is 5.46. The maximum atomic E-state index is 12.1. The third kappa shape index (κ3) is 2.46. The Morgan fingerprint density at radius 2 is 2.11 bits per heavy atom. The molecule has 0 saturated heterocycles. The van der Waals surface area contributed by atoms with Crippen LogP contribution in [0.1, 0.15) is 23.7 Å². The van der Waals surface area contributed by atoms with E-state index >= 15 is 0 Å². The summed E-state index contributed by atoms with van der Waals surface area (Å²) in [5.74, 6) is -1.01. The van der Waals surface area contributed by atoms with Gasteiger partial charge in [0.1, 0.15) is 0 Å². The molecule has 0 amide bonds. The quantitative estimate of drug-likeness (QED) is 0.696. The molecular formula is C11H14N2O4S. The zero-order valence-corrected chi connectivity index (χ0v) is 10.6. The molecule has 1 aromatic carbocycles. The van der Waals surface area contributed by atoms with E-state index in [1.807, 2.05) is 6.92 Å². The van der Waals surface area contributed by atoms with E-state index in [-0.39, 0.29) is 28.1 Å². The minimum atomic E-state index is -3.84. The van der Waals surface area contributed by atoms with Crippen LogP contribution in [0.25, 0.3) is 0 Å². The lowest BCUT2D eigenvalue weighted by atomic mass is 10.2. The Labute approximate surface area is 105 Å². The van der Waals surface area contributed by atoms with Crippen LogP contribution < -0.4 is 10.5 Å². The van der Waals surface area contributed by atoms with Crippen molar-refractivity contribution >= 4 is 21.7 Å². The predicted octanol–water partition coefficient (Wildman–Crippen LogP) is 0.654. The van der Waals surface area contributed by atoms with E-state index in [2.05, 4.69) is 4.72 Å². The smallest absolute Gasteiger partial charge is 0.337 e. The number of nitrogens with two attached hydrogens (primary N) is 1. The maximum Gasteiger partial charge on any atom is 0.337 e. The number of hydrogen-bond acceptors (Lipinski definition) is 4. The molecule has 0 aliphatic heterocycles. The van der Waals surface area contributed by atoms with Gasteiger partial charge in [-0.1, -0.05) is 6.92 Å². The summed E-state index contributed by atoms with van der Waals surface area (Å²) in [6, 6.07) is 3.61. The number of anilines is 1. The van der Waals surface area contributed by atoms with Crippen molar-refractivity contribution in [3.63, 3.8) is 0 Å². The topological polar surface area (TPSA) is 109 Å². The number of carboxylic acid groups (broad SMARTS) is 1. The molecule has 1 saturated carbocycles. The molecule has 1 aromatic rings. The van der Waals surface area contributed by atoms with Crippen LogP contribution in [0.15, 0.2) is 23.1 Å². The zero-order chi connectivity index (χ0) is 13.5. The van der Waals surface area contributed by atoms with Crippen molar-refractivity contribution in [2.45, 2.75) is 24.3 Å².